The average Bonchev–Trinajstić information content (AvgIpc) is 3.00. The van der Waals surface area contributed by atoms with Crippen molar-refractivity contribution in [3.63, 3.8) is 0 Å². The van der Waals surface area contributed by atoms with Gasteiger partial charge in [0, 0.05) is 10.9 Å². The van der Waals surface area contributed by atoms with Gasteiger partial charge in [-0.25, -0.2) is 0 Å². The normalized spacial score (nSPS) is 25.0. The summed E-state index contributed by atoms with van der Waals surface area (Å²) in [5.74, 6) is 0.552. The molecule has 18 heavy (non-hydrogen) atoms. The van der Waals surface area contributed by atoms with Crippen LogP contribution in [0.1, 0.15) is 43.5 Å². The summed E-state index contributed by atoms with van der Waals surface area (Å²) in [5, 5.41) is 5.70. The Morgan fingerprint density at radius 3 is 3.00 bits per heavy atom. The standard InChI is InChI=1S/C14H21NO2S/c1-10-5-3-6-11(10)15-12(9-14(16)17-2)13-7-4-8-18-13/h4,7-8,10-12,15H,3,5-6,9H2,1-2H3. The highest BCUT2D eigenvalue weighted by molar-refractivity contribution is 7.10. The van der Waals surface area contributed by atoms with Gasteiger partial charge in [-0.15, -0.1) is 11.3 Å². The summed E-state index contributed by atoms with van der Waals surface area (Å²) in [5.41, 5.74) is 0. The molecule has 1 aromatic rings. The summed E-state index contributed by atoms with van der Waals surface area (Å²) in [7, 11) is 1.45. The zero-order valence-electron chi connectivity index (χ0n) is 11.0. The Morgan fingerprint density at radius 1 is 1.61 bits per heavy atom. The smallest absolute Gasteiger partial charge is 0.307 e. The fourth-order valence-electron chi connectivity index (χ4n) is 2.63. The van der Waals surface area contributed by atoms with Gasteiger partial charge in [0.05, 0.1) is 19.6 Å². The van der Waals surface area contributed by atoms with E-state index in [2.05, 4.69) is 23.7 Å². The molecule has 4 heteroatoms. The highest BCUT2D eigenvalue weighted by atomic mass is 32.1. The van der Waals surface area contributed by atoms with Gasteiger partial charge in [0.15, 0.2) is 0 Å². The summed E-state index contributed by atoms with van der Waals surface area (Å²) < 4.78 is 4.80. The molecule has 0 spiro atoms. The lowest BCUT2D eigenvalue weighted by Crippen LogP contribution is -2.35. The number of ether oxygens (including phenoxy) is 1. The van der Waals surface area contributed by atoms with Crippen LogP contribution in [-0.4, -0.2) is 19.1 Å². The molecule has 0 aromatic carbocycles. The predicted molar refractivity (Wildman–Crippen MR) is 73.6 cm³/mol. The molecule has 3 nitrogen and oxygen atoms in total. The quantitative estimate of drug-likeness (QED) is 0.833. The van der Waals surface area contributed by atoms with E-state index in [9.17, 15) is 4.79 Å². The van der Waals surface area contributed by atoms with Crippen molar-refractivity contribution in [2.24, 2.45) is 5.92 Å². The molecular formula is C14H21NO2S. The molecule has 3 atom stereocenters. The van der Waals surface area contributed by atoms with E-state index in [0.29, 0.717) is 18.4 Å². The van der Waals surface area contributed by atoms with Crippen LogP contribution in [0.2, 0.25) is 0 Å². The van der Waals surface area contributed by atoms with E-state index in [1.165, 1.54) is 31.2 Å². The zero-order chi connectivity index (χ0) is 13.0. The highest BCUT2D eigenvalue weighted by Crippen LogP contribution is 2.30. The number of rotatable bonds is 5. The maximum absolute atomic E-state index is 11.5. The van der Waals surface area contributed by atoms with Crippen molar-refractivity contribution in [3.05, 3.63) is 22.4 Å². The van der Waals surface area contributed by atoms with Gasteiger partial charge in [-0.1, -0.05) is 19.4 Å². The summed E-state index contributed by atoms with van der Waals surface area (Å²) in [6.45, 7) is 2.29. The third kappa shape index (κ3) is 3.33. The Bertz CT molecular complexity index is 377. The monoisotopic (exact) mass is 267 g/mol. The number of nitrogens with one attached hydrogen (secondary N) is 1. The lowest BCUT2D eigenvalue weighted by molar-refractivity contribution is -0.141. The maximum Gasteiger partial charge on any atom is 0.307 e. The number of hydrogen-bond donors (Lipinski definition) is 1. The minimum absolute atomic E-state index is 0.1000. The Labute approximate surface area is 113 Å². The van der Waals surface area contributed by atoms with Crippen LogP contribution in [0.3, 0.4) is 0 Å². The van der Waals surface area contributed by atoms with E-state index in [0.717, 1.165) is 0 Å². The Kier molecular flexibility index (Phi) is 4.78. The van der Waals surface area contributed by atoms with Crippen LogP contribution in [0.15, 0.2) is 17.5 Å². The Hall–Kier alpha value is -0.870. The molecule has 1 aliphatic rings. The van der Waals surface area contributed by atoms with Crippen molar-refractivity contribution in [2.75, 3.05) is 7.11 Å². The van der Waals surface area contributed by atoms with Crippen molar-refractivity contribution in [2.45, 2.75) is 44.7 Å². The molecule has 1 aromatic heterocycles. The van der Waals surface area contributed by atoms with E-state index in [-0.39, 0.29) is 12.0 Å². The molecule has 0 bridgehead atoms. The van der Waals surface area contributed by atoms with Gasteiger partial charge in [0.25, 0.3) is 0 Å². The second-order valence-electron chi connectivity index (χ2n) is 5.03. The molecule has 0 saturated heterocycles. The number of hydrogen-bond acceptors (Lipinski definition) is 4. The van der Waals surface area contributed by atoms with Gasteiger partial charge in [0.1, 0.15) is 0 Å². The summed E-state index contributed by atoms with van der Waals surface area (Å²) in [6, 6.07) is 4.75. The van der Waals surface area contributed by atoms with Crippen LogP contribution in [-0.2, 0) is 9.53 Å². The molecule has 0 radical (unpaired) electrons. The molecule has 0 aliphatic heterocycles. The lowest BCUT2D eigenvalue weighted by atomic mass is 10.0. The van der Waals surface area contributed by atoms with Crippen molar-refractivity contribution in [3.8, 4) is 0 Å². The van der Waals surface area contributed by atoms with Crippen molar-refractivity contribution in [1.82, 2.24) is 5.32 Å². The number of carbonyl (C=O) groups is 1. The first kappa shape index (κ1) is 13.6. The fraction of sp³-hybridized carbons (Fsp3) is 0.643. The molecule has 1 aliphatic carbocycles. The van der Waals surface area contributed by atoms with E-state index in [4.69, 9.17) is 4.74 Å². The molecular weight excluding hydrogens is 246 g/mol. The second kappa shape index (κ2) is 6.34. The van der Waals surface area contributed by atoms with Crippen LogP contribution in [0, 0.1) is 5.92 Å². The lowest BCUT2D eigenvalue weighted by Gasteiger charge is -2.24. The third-order valence-corrected chi connectivity index (χ3v) is 4.75. The van der Waals surface area contributed by atoms with Crippen LogP contribution >= 0.6 is 11.3 Å². The summed E-state index contributed by atoms with van der Waals surface area (Å²) in [6.07, 6.45) is 4.20. The van der Waals surface area contributed by atoms with Crippen LogP contribution in [0.4, 0.5) is 0 Å². The van der Waals surface area contributed by atoms with Gasteiger partial charge in [-0.3, -0.25) is 4.79 Å². The number of methoxy groups -OCH3 is 1. The first-order chi connectivity index (χ1) is 8.70. The van der Waals surface area contributed by atoms with E-state index >= 15 is 0 Å². The average molecular weight is 267 g/mol. The van der Waals surface area contributed by atoms with Gasteiger partial charge in [-0.2, -0.15) is 0 Å². The van der Waals surface area contributed by atoms with E-state index < -0.39 is 0 Å². The number of carbonyl (C=O) groups excluding carboxylic acids is 1. The minimum atomic E-state index is -0.147. The number of esters is 1. The second-order valence-corrected chi connectivity index (χ2v) is 6.01. The van der Waals surface area contributed by atoms with Gasteiger partial charge >= 0.3 is 5.97 Å². The number of thiophene rings is 1. The molecule has 0 amide bonds. The molecule has 2 rings (SSSR count). The SMILES string of the molecule is COC(=O)CC(NC1CCCC1C)c1cccs1. The molecule has 100 valence electrons. The maximum atomic E-state index is 11.5. The minimum Gasteiger partial charge on any atom is -0.469 e. The molecule has 1 heterocycles. The molecule has 1 saturated carbocycles. The largest absolute Gasteiger partial charge is 0.469 e. The van der Waals surface area contributed by atoms with Crippen molar-refractivity contribution in [1.29, 1.82) is 0 Å². The first-order valence-corrected chi connectivity index (χ1v) is 7.45. The molecule has 1 fully saturated rings. The first-order valence-electron chi connectivity index (χ1n) is 6.57. The fourth-order valence-corrected chi connectivity index (χ4v) is 3.42. The van der Waals surface area contributed by atoms with Crippen LogP contribution < -0.4 is 5.32 Å². The van der Waals surface area contributed by atoms with Crippen LogP contribution in [0.25, 0.3) is 0 Å². The van der Waals surface area contributed by atoms with Gasteiger partial charge < -0.3 is 10.1 Å². The van der Waals surface area contributed by atoms with Crippen LogP contribution in [0.5, 0.6) is 0 Å². The molecule has 3 unspecified atom stereocenters. The van der Waals surface area contributed by atoms with Crippen molar-refractivity contribution < 1.29 is 9.53 Å². The van der Waals surface area contributed by atoms with Gasteiger partial charge in [0.2, 0.25) is 0 Å². The van der Waals surface area contributed by atoms with E-state index in [1.54, 1.807) is 11.3 Å². The van der Waals surface area contributed by atoms with Gasteiger partial charge in [-0.05, 0) is 30.2 Å². The highest BCUT2D eigenvalue weighted by Gasteiger charge is 2.27. The zero-order valence-corrected chi connectivity index (χ0v) is 11.8. The Morgan fingerprint density at radius 2 is 2.44 bits per heavy atom. The summed E-state index contributed by atoms with van der Waals surface area (Å²) in [4.78, 5) is 12.7. The third-order valence-electron chi connectivity index (χ3n) is 3.76. The molecule has 1 N–H and O–H groups in total. The Balaban J connectivity index is 2.02. The predicted octanol–water partition coefficient (Wildman–Crippen LogP) is 3.13. The van der Waals surface area contributed by atoms with E-state index in [1.807, 2.05) is 6.07 Å². The topological polar surface area (TPSA) is 38.3 Å². The van der Waals surface area contributed by atoms with Crippen molar-refractivity contribution >= 4 is 17.3 Å². The summed E-state index contributed by atoms with van der Waals surface area (Å²) >= 11 is 1.70.